The molecule has 5 nitrogen and oxygen atoms in total. The molecule has 31 heavy (non-hydrogen) atoms. The summed E-state index contributed by atoms with van der Waals surface area (Å²) in [4.78, 5) is 19.2. The van der Waals surface area contributed by atoms with Gasteiger partial charge in [0.25, 0.3) is 5.91 Å². The third kappa shape index (κ3) is 5.49. The zero-order valence-corrected chi connectivity index (χ0v) is 19.2. The monoisotopic (exact) mass is 424 g/mol. The average molecular weight is 425 g/mol. The molecule has 0 bridgehead atoms. The van der Waals surface area contributed by atoms with Gasteiger partial charge in [0.1, 0.15) is 11.4 Å². The molecule has 0 unspecified atom stereocenters. The van der Waals surface area contributed by atoms with E-state index in [4.69, 9.17) is 0 Å². The number of nitrogens with zero attached hydrogens (tertiary/aromatic N) is 2. The highest BCUT2D eigenvalue weighted by Crippen LogP contribution is 2.39. The molecule has 0 radical (unpaired) electrons. The van der Waals surface area contributed by atoms with Crippen molar-refractivity contribution in [3.05, 3.63) is 42.5 Å². The lowest BCUT2D eigenvalue weighted by molar-refractivity contribution is -0.132. The maximum Gasteiger partial charge on any atom is 0.253 e. The maximum absolute atomic E-state index is 13.4. The van der Waals surface area contributed by atoms with E-state index in [1.54, 1.807) is 4.90 Å². The van der Waals surface area contributed by atoms with Crippen molar-refractivity contribution >= 4 is 5.91 Å². The minimum atomic E-state index is -0.444. The Morgan fingerprint density at radius 3 is 2.58 bits per heavy atom. The molecule has 1 aromatic rings. The lowest BCUT2D eigenvalue weighted by Crippen LogP contribution is -2.49. The fourth-order valence-electron chi connectivity index (χ4n) is 6.11. The predicted octanol–water partition coefficient (Wildman–Crippen LogP) is 4.75. The second-order valence-corrected chi connectivity index (χ2v) is 10.2. The Kier molecular flexibility index (Phi) is 7.31. The second kappa shape index (κ2) is 10.2. The Hall–Kier alpha value is -1.88. The van der Waals surface area contributed by atoms with Crippen molar-refractivity contribution in [3.63, 3.8) is 0 Å². The highest BCUT2D eigenvalue weighted by Gasteiger charge is 2.48. The number of rotatable bonds is 8. The van der Waals surface area contributed by atoms with Gasteiger partial charge >= 0.3 is 0 Å². The summed E-state index contributed by atoms with van der Waals surface area (Å²) in [6, 6.07) is 4.69. The zero-order chi connectivity index (χ0) is 21.7. The number of amides is 1. The van der Waals surface area contributed by atoms with Crippen LogP contribution in [0, 0.1) is 11.8 Å². The molecule has 1 saturated heterocycles. The fraction of sp³-hybridized carbons (Fsp3) is 0.692. The van der Waals surface area contributed by atoms with Crippen molar-refractivity contribution in [1.29, 1.82) is 0 Å². The number of hydrogen-bond acceptors (Lipinski definition) is 4. The Morgan fingerprint density at radius 2 is 1.87 bits per heavy atom. The van der Waals surface area contributed by atoms with Gasteiger partial charge in [0, 0.05) is 32.0 Å². The SMILES string of the molecule is C=C1N[C@](CCC2CCCCC2)(C[C@H]2CCC[C@H](NCc3ccncc3)C2)C(=O)N1C. The molecular weight excluding hydrogens is 384 g/mol. The van der Waals surface area contributed by atoms with Gasteiger partial charge in [-0.05, 0) is 61.6 Å². The van der Waals surface area contributed by atoms with Crippen molar-refractivity contribution < 1.29 is 4.79 Å². The van der Waals surface area contributed by atoms with Gasteiger partial charge in [-0.3, -0.25) is 9.78 Å². The molecule has 2 aliphatic carbocycles. The minimum absolute atomic E-state index is 0.236. The van der Waals surface area contributed by atoms with E-state index in [9.17, 15) is 4.79 Å². The van der Waals surface area contributed by atoms with Crippen LogP contribution in [0.3, 0.4) is 0 Å². The molecule has 4 rings (SSSR count). The molecular formula is C26H40N4O. The van der Waals surface area contributed by atoms with Crippen molar-refractivity contribution in [2.24, 2.45) is 11.8 Å². The molecule has 0 aromatic carbocycles. The van der Waals surface area contributed by atoms with E-state index in [1.807, 2.05) is 19.4 Å². The van der Waals surface area contributed by atoms with Gasteiger partial charge in [0.05, 0.1) is 0 Å². The number of nitrogens with one attached hydrogen (secondary N) is 2. The van der Waals surface area contributed by atoms with Gasteiger partial charge < -0.3 is 15.5 Å². The quantitative estimate of drug-likeness (QED) is 0.632. The number of likely N-dealkylation sites (N-methyl/N-ethyl adjacent to an activating group) is 1. The molecule has 2 heterocycles. The molecule has 1 amide bonds. The van der Waals surface area contributed by atoms with Crippen molar-refractivity contribution in [2.45, 2.75) is 95.2 Å². The number of carbonyl (C=O) groups is 1. The summed E-state index contributed by atoms with van der Waals surface area (Å²) in [7, 11) is 1.87. The summed E-state index contributed by atoms with van der Waals surface area (Å²) >= 11 is 0. The van der Waals surface area contributed by atoms with E-state index in [2.05, 4.69) is 34.3 Å². The second-order valence-electron chi connectivity index (χ2n) is 10.2. The van der Waals surface area contributed by atoms with Crippen LogP contribution < -0.4 is 10.6 Å². The normalized spacial score (nSPS) is 29.9. The Labute approximate surface area is 188 Å². The molecule has 2 saturated carbocycles. The zero-order valence-electron chi connectivity index (χ0n) is 19.2. The molecule has 5 heteroatoms. The maximum atomic E-state index is 13.4. The van der Waals surface area contributed by atoms with E-state index < -0.39 is 5.54 Å². The van der Waals surface area contributed by atoms with Crippen molar-refractivity contribution in [2.75, 3.05) is 7.05 Å². The van der Waals surface area contributed by atoms with Crippen LogP contribution >= 0.6 is 0 Å². The highest BCUT2D eigenvalue weighted by atomic mass is 16.2. The average Bonchev–Trinajstić information content (AvgIpc) is 3.01. The Balaban J connectivity index is 1.37. The van der Waals surface area contributed by atoms with Crippen LogP contribution in [0.5, 0.6) is 0 Å². The Morgan fingerprint density at radius 1 is 1.13 bits per heavy atom. The predicted molar refractivity (Wildman–Crippen MR) is 125 cm³/mol. The first-order valence-corrected chi connectivity index (χ1v) is 12.4. The van der Waals surface area contributed by atoms with E-state index in [1.165, 1.54) is 56.9 Å². The van der Waals surface area contributed by atoms with Crippen LogP contribution in [0.15, 0.2) is 36.9 Å². The molecule has 3 aliphatic rings. The van der Waals surface area contributed by atoms with Gasteiger partial charge in [-0.1, -0.05) is 51.5 Å². The van der Waals surface area contributed by atoms with Gasteiger partial charge in [-0.15, -0.1) is 0 Å². The van der Waals surface area contributed by atoms with E-state index >= 15 is 0 Å². The van der Waals surface area contributed by atoms with E-state index in [0.717, 1.165) is 44.0 Å². The lowest BCUT2D eigenvalue weighted by atomic mass is 9.74. The first-order chi connectivity index (χ1) is 15.1. The van der Waals surface area contributed by atoms with Gasteiger partial charge in [-0.25, -0.2) is 0 Å². The Bertz CT molecular complexity index is 745. The smallest absolute Gasteiger partial charge is 0.253 e. The molecule has 170 valence electrons. The molecule has 1 aromatic heterocycles. The number of aromatic nitrogens is 1. The first kappa shape index (κ1) is 22.3. The molecule has 0 spiro atoms. The molecule has 2 N–H and O–H groups in total. The standard InChI is InChI=1S/C26H40N4O/c1-20-29-26(25(31)30(20)2,14-11-21-7-4-3-5-8-21)18-23-9-6-10-24(17-23)28-19-22-12-15-27-16-13-22/h12-13,15-16,21,23-24,28-29H,1,3-11,14,17-19H2,2H3/t23-,24-,26+/m0/s1. The van der Waals surface area contributed by atoms with Gasteiger partial charge in [0.2, 0.25) is 0 Å². The van der Waals surface area contributed by atoms with Gasteiger partial charge in [-0.2, -0.15) is 0 Å². The summed E-state index contributed by atoms with van der Waals surface area (Å²) < 4.78 is 0. The van der Waals surface area contributed by atoms with Crippen LogP contribution in [0.4, 0.5) is 0 Å². The fourth-order valence-corrected chi connectivity index (χ4v) is 6.11. The minimum Gasteiger partial charge on any atom is -0.358 e. The van der Waals surface area contributed by atoms with Crippen LogP contribution in [0.2, 0.25) is 0 Å². The van der Waals surface area contributed by atoms with Gasteiger partial charge in [0.15, 0.2) is 0 Å². The van der Waals surface area contributed by atoms with Crippen LogP contribution in [0.1, 0.15) is 82.6 Å². The third-order valence-electron chi connectivity index (χ3n) is 7.97. The first-order valence-electron chi connectivity index (χ1n) is 12.4. The lowest BCUT2D eigenvalue weighted by Gasteiger charge is -2.37. The number of carbonyl (C=O) groups excluding carboxylic acids is 1. The number of hydrogen-bond donors (Lipinski definition) is 2. The third-order valence-corrected chi connectivity index (χ3v) is 7.97. The topological polar surface area (TPSA) is 57.3 Å². The molecule has 3 fully saturated rings. The largest absolute Gasteiger partial charge is 0.358 e. The summed E-state index contributed by atoms with van der Waals surface area (Å²) in [5.41, 5.74) is 0.840. The van der Waals surface area contributed by atoms with Crippen LogP contribution in [-0.4, -0.2) is 34.4 Å². The summed E-state index contributed by atoms with van der Waals surface area (Å²) in [5, 5.41) is 7.34. The van der Waals surface area contributed by atoms with Crippen molar-refractivity contribution in [1.82, 2.24) is 20.5 Å². The van der Waals surface area contributed by atoms with Crippen LogP contribution in [0.25, 0.3) is 0 Å². The molecule has 3 atom stereocenters. The van der Waals surface area contributed by atoms with E-state index in [0.29, 0.717) is 12.0 Å². The summed E-state index contributed by atoms with van der Waals surface area (Å²) in [6.45, 7) is 5.02. The highest BCUT2D eigenvalue weighted by molar-refractivity contribution is 5.90. The summed E-state index contributed by atoms with van der Waals surface area (Å²) in [5.74, 6) is 2.38. The number of pyridine rings is 1. The van der Waals surface area contributed by atoms with Crippen molar-refractivity contribution in [3.8, 4) is 0 Å². The van der Waals surface area contributed by atoms with E-state index in [-0.39, 0.29) is 5.91 Å². The van der Waals surface area contributed by atoms with Crippen LogP contribution in [-0.2, 0) is 11.3 Å². The summed E-state index contributed by atoms with van der Waals surface area (Å²) in [6.07, 6.45) is 18.4. The molecule has 1 aliphatic heterocycles.